The molecule has 6 atom stereocenters. The summed E-state index contributed by atoms with van der Waals surface area (Å²) in [6.45, 7) is 5.18. The van der Waals surface area contributed by atoms with Crippen LogP contribution < -0.4 is 4.74 Å². The van der Waals surface area contributed by atoms with Gasteiger partial charge in [0.1, 0.15) is 11.5 Å². The summed E-state index contributed by atoms with van der Waals surface area (Å²) in [6, 6.07) is 11.3. The first-order chi connectivity index (χ1) is 21.3. The van der Waals surface area contributed by atoms with Crippen molar-refractivity contribution in [3.8, 4) is 5.75 Å². The Labute approximate surface area is 260 Å². The van der Waals surface area contributed by atoms with E-state index in [0.717, 1.165) is 18.1 Å². The van der Waals surface area contributed by atoms with Gasteiger partial charge in [0, 0.05) is 36.1 Å². The van der Waals surface area contributed by atoms with E-state index < -0.39 is 59.6 Å². The Morgan fingerprint density at radius 3 is 2.44 bits per heavy atom. The van der Waals surface area contributed by atoms with E-state index >= 15 is 0 Å². The number of aryl methyl sites for hydroxylation is 1. The van der Waals surface area contributed by atoms with E-state index in [4.69, 9.17) is 18.9 Å². The van der Waals surface area contributed by atoms with E-state index in [0.29, 0.717) is 24.3 Å². The number of carbonyl (C=O) groups excluding carboxylic acids is 3. The fourth-order valence-corrected chi connectivity index (χ4v) is 6.97. The lowest BCUT2D eigenvalue weighted by atomic mass is 9.54. The summed E-state index contributed by atoms with van der Waals surface area (Å²) in [5, 5.41) is 31.9. The number of hydrogen-bond acceptors (Lipinski definition) is 11. The molecule has 0 saturated carbocycles. The maximum atomic E-state index is 13.9. The molecule has 1 saturated heterocycles. The number of nitrogens with zero attached hydrogens (tertiary/aromatic N) is 1. The Bertz CT molecular complexity index is 1520. The van der Waals surface area contributed by atoms with Crippen LogP contribution in [0, 0.1) is 6.92 Å². The number of aliphatic carboxylic acids is 1. The second kappa shape index (κ2) is 12.3. The highest BCUT2D eigenvalue weighted by molar-refractivity contribution is 5.87. The zero-order valence-electron chi connectivity index (χ0n) is 25.5. The maximum absolute atomic E-state index is 13.9. The van der Waals surface area contributed by atoms with Gasteiger partial charge in [0.15, 0.2) is 6.10 Å². The van der Waals surface area contributed by atoms with Crippen molar-refractivity contribution in [1.29, 1.82) is 0 Å². The first-order valence-electron chi connectivity index (χ1n) is 14.7. The highest BCUT2D eigenvalue weighted by atomic mass is 16.6. The number of aliphatic hydroxyl groups excluding tert-OH is 1. The van der Waals surface area contributed by atoms with Crippen molar-refractivity contribution in [3.63, 3.8) is 0 Å². The Morgan fingerprint density at radius 2 is 1.80 bits per heavy atom. The third-order valence-electron chi connectivity index (χ3n) is 9.30. The Morgan fingerprint density at radius 1 is 1.09 bits per heavy atom. The summed E-state index contributed by atoms with van der Waals surface area (Å²) in [7, 11) is 1.93. The second-order valence-corrected chi connectivity index (χ2v) is 11.9. The van der Waals surface area contributed by atoms with Crippen molar-refractivity contribution in [2.75, 3.05) is 13.6 Å². The number of piperidine rings is 1. The normalized spacial score (nSPS) is 26.6. The zero-order valence-corrected chi connectivity index (χ0v) is 25.5. The van der Waals surface area contributed by atoms with Crippen molar-refractivity contribution < 1.29 is 53.4 Å². The van der Waals surface area contributed by atoms with Crippen LogP contribution in [0.4, 0.5) is 0 Å². The van der Waals surface area contributed by atoms with E-state index in [2.05, 4.69) is 4.90 Å². The highest BCUT2D eigenvalue weighted by Gasteiger charge is 2.69. The molecule has 240 valence electrons. The number of esters is 3. The summed E-state index contributed by atoms with van der Waals surface area (Å²) in [5.74, 6) is -4.00. The molecule has 0 amide bonds. The Balaban J connectivity index is 1.53. The summed E-state index contributed by atoms with van der Waals surface area (Å²) in [6.07, 6.45) is -3.08. The second-order valence-electron chi connectivity index (χ2n) is 11.9. The molecule has 1 spiro atoms. The van der Waals surface area contributed by atoms with Crippen molar-refractivity contribution >= 4 is 23.9 Å². The van der Waals surface area contributed by atoms with E-state index in [1.54, 1.807) is 30.3 Å². The van der Waals surface area contributed by atoms with Crippen LogP contribution in [0.5, 0.6) is 5.75 Å². The van der Waals surface area contributed by atoms with Crippen LogP contribution >= 0.6 is 0 Å². The standard InChI is InChI=1S/C33H37NO11/c1-18-10-11-22(17-35)27-26(18)32-14-15-34(4)19(2)33(32,41)13-12-23(29(32)44-27)43-31(40)28(21-8-6-5-7-9-21)45-30(39)24(16-25(37)38)42-20(3)36/h5-12,19,24,28-29,35,41H,13-17H2,1-4H3,(H,37,38)/t19-,24+,28+,29+,32+,33-/m1/s1. The Hall–Kier alpha value is -4.26. The number of hydrogen-bond donors (Lipinski definition) is 3. The molecule has 1 aliphatic carbocycles. The number of benzene rings is 2. The molecule has 2 aliphatic heterocycles. The van der Waals surface area contributed by atoms with Gasteiger partial charge in [-0.3, -0.25) is 9.59 Å². The minimum Gasteiger partial charge on any atom is -0.481 e. The SMILES string of the molecule is CC(=O)O[C@@H](CC(=O)O)C(=O)O[C@H](C(=O)OC1=CC[C@@]2(O)[C@@H](C)N(C)CC[C@@]23c2c(C)ccc(CO)c2O[C@@H]13)c1ccccc1. The first kappa shape index (κ1) is 32.1. The zero-order chi connectivity index (χ0) is 32.7. The number of likely N-dealkylation sites (tertiary alicyclic amines) is 1. The van der Waals surface area contributed by atoms with Crippen molar-refractivity contribution in [1.82, 2.24) is 4.90 Å². The molecule has 0 radical (unpaired) electrons. The molecule has 12 heteroatoms. The van der Waals surface area contributed by atoms with Gasteiger partial charge in [-0.05, 0) is 45.5 Å². The van der Waals surface area contributed by atoms with E-state index in [1.807, 2.05) is 27.0 Å². The topological polar surface area (TPSA) is 169 Å². The summed E-state index contributed by atoms with van der Waals surface area (Å²) >= 11 is 0. The van der Waals surface area contributed by atoms with Crippen LogP contribution in [0.2, 0.25) is 0 Å². The summed E-state index contributed by atoms with van der Waals surface area (Å²) in [5.41, 5.74) is 0.0200. The summed E-state index contributed by atoms with van der Waals surface area (Å²) < 4.78 is 22.8. The van der Waals surface area contributed by atoms with Crippen LogP contribution in [0.3, 0.4) is 0 Å². The fourth-order valence-electron chi connectivity index (χ4n) is 6.97. The van der Waals surface area contributed by atoms with Crippen LogP contribution in [0.25, 0.3) is 0 Å². The van der Waals surface area contributed by atoms with Gasteiger partial charge >= 0.3 is 23.9 Å². The van der Waals surface area contributed by atoms with Crippen LogP contribution in [-0.4, -0.2) is 81.5 Å². The van der Waals surface area contributed by atoms with Crippen LogP contribution in [-0.2, 0) is 45.4 Å². The first-order valence-corrected chi connectivity index (χ1v) is 14.7. The number of aliphatic hydroxyl groups is 2. The molecule has 2 heterocycles. The molecule has 2 aromatic carbocycles. The fraction of sp³-hybridized carbons (Fsp3) is 0.455. The largest absolute Gasteiger partial charge is 0.481 e. The lowest BCUT2D eigenvalue weighted by molar-refractivity contribution is -0.181. The third-order valence-corrected chi connectivity index (χ3v) is 9.30. The maximum Gasteiger partial charge on any atom is 0.357 e. The molecule has 0 aromatic heterocycles. The molecule has 1 fully saturated rings. The van der Waals surface area contributed by atoms with Crippen LogP contribution in [0.15, 0.2) is 54.3 Å². The quantitative estimate of drug-likeness (QED) is 0.276. The number of fused-ring (bicyclic) bond motifs is 1. The van der Waals surface area contributed by atoms with E-state index in [9.17, 15) is 34.5 Å². The van der Waals surface area contributed by atoms with Gasteiger partial charge in [0.2, 0.25) is 12.2 Å². The minimum absolute atomic E-state index is 0.111. The molecule has 45 heavy (non-hydrogen) atoms. The van der Waals surface area contributed by atoms with Crippen molar-refractivity contribution in [3.05, 3.63) is 76.6 Å². The lowest BCUT2D eigenvalue weighted by Crippen LogP contribution is -2.71. The number of likely N-dealkylation sites (N-methyl/N-ethyl adjacent to an activating group) is 1. The van der Waals surface area contributed by atoms with Crippen molar-refractivity contribution in [2.45, 2.75) is 82.0 Å². The predicted molar refractivity (Wildman–Crippen MR) is 157 cm³/mol. The van der Waals surface area contributed by atoms with Gasteiger partial charge in [0.25, 0.3) is 0 Å². The molecule has 5 rings (SSSR count). The van der Waals surface area contributed by atoms with Gasteiger partial charge in [-0.15, -0.1) is 0 Å². The van der Waals surface area contributed by atoms with Gasteiger partial charge in [-0.1, -0.05) is 42.5 Å². The summed E-state index contributed by atoms with van der Waals surface area (Å²) in [4.78, 5) is 51.9. The smallest absolute Gasteiger partial charge is 0.357 e. The molecule has 2 aromatic rings. The Kier molecular flexibility index (Phi) is 8.76. The monoisotopic (exact) mass is 623 g/mol. The van der Waals surface area contributed by atoms with Gasteiger partial charge in [0.05, 0.1) is 24.0 Å². The molecule has 3 aliphatic rings. The lowest BCUT2D eigenvalue weighted by Gasteiger charge is -2.58. The van der Waals surface area contributed by atoms with Crippen LogP contribution in [0.1, 0.15) is 61.5 Å². The van der Waals surface area contributed by atoms with Gasteiger partial charge < -0.3 is 39.2 Å². The molecule has 3 N–H and O–H groups in total. The minimum atomic E-state index is -1.79. The van der Waals surface area contributed by atoms with Gasteiger partial charge in [-0.25, -0.2) is 9.59 Å². The highest BCUT2D eigenvalue weighted by Crippen LogP contribution is 2.61. The number of rotatable bonds is 9. The predicted octanol–water partition coefficient (Wildman–Crippen LogP) is 2.46. The van der Waals surface area contributed by atoms with Gasteiger partial charge in [-0.2, -0.15) is 0 Å². The van der Waals surface area contributed by atoms with E-state index in [-0.39, 0.29) is 30.4 Å². The molecular formula is C33H37NO11. The number of carbonyl (C=O) groups is 4. The number of carboxylic acid groups (broad SMARTS) is 1. The van der Waals surface area contributed by atoms with E-state index in [1.165, 1.54) is 12.1 Å². The average Bonchev–Trinajstić information content (AvgIpc) is 3.36. The number of ether oxygens (including phenoxy) is 4. The molecule has 0 unspecified atom stereocenters. The number of carboxylic acids is 1. The molecular weight excluding hydrogens is 586 g/mol. The average molecular weight is 624 g/mol. The van der Waals surface area contributed by atoms with Crippen molar-refractivity contribution in [2.24, 2.45) is 0 Å². The third kappa shape index (κ3) is 5.47. The molecule has 12 nitrogen and oxygen atoms in total. The molecule has 0 bridgehead atoms.